The Bertz CT molecular complexity index is 181. The number of rotatable bonds is 2. The van der Waals surface area contributed by atoms with Crippen molar-refractivity contribution in [1.82, 2.24) is 0 Å². The Morgan fingerprint density at radius 3 is 2.23 bits per heavy atom. The molecule has 1 heterocycles. The Kier molecular flexibility index (Phi) is 2.32. The average molecular weight is 188 g/mol. The van der Waals surface area contributed by atoms with Gasteiger partial charge in [0.15, 0.2) is 5.60 Å². The van der Waals surface area contributed by atoms with Gasteiger partial charge >= 0.3 is 0 Å². The van der Waals surface area contributed by atoms with E-state index >= 15 is 0 Å². The molecule has 2 fully saturated rings. The van der Waals surface area contributed by atoms with Crippen molar-refractivity contribution in [2.75, 3.05) is 19.8 Å². The van der Waals surface area contributed by atoms with E-state index in [1.807, 2.05) is 0 Å². The maximum atomic E-state index is 9.16. The summed E-state index contributed by atoms with van der Waals surface area (Å²) in [7, 11) is 0. The molecule has 2 aliphatic rings. The smallest absolute Gasteiger partial charge is 0.201 e. The number of hydrogen-bond acceptors (Lipinski definition) is 3. The van der Waals surface area contributed by atoms with E-state index in [1.54, 1.807) is 0 Å². The van der Waals surface area contributed by atoms with Crippen LogP contribution in [-0.4, -0.2) is 41.3 Å². The van der Waals surface area contributed by atoms with Gasteiger partial charge < -0.3 is 20.3 Å². The molecule has 4 N–H and O–H groups in total. The number of nitrogens with two attached hydrogens (primary N) is 1. The summed E-state index contributed by atoms with van der Waals surface area (Å²) in [6.07, 6.45) is 4.50. The maximum absolute atomic E-state index is 9.16. The Labute approximate surface area is 77.9 Å². The van der Waals surface area contributed by atoms with Crippen LogP contribution >= 0.6 is 0 Å². The minimum atomic E-state index is -0.690. The van der Waals surface area contributed by atoms with Crippen molar-refractivity contribution in [3.05, 3.63) is 0 Å². The SMILES string of the molecule is OCC1(CO)C[NH2+]C2(CCCC2)O1. The molecule has 0 atom stereocenters. The van der Waals surface area contributed by atoms with Crippen LogP contribution in [0, 0.1) is 0 Å². The third kappa shape index (κ3) is 1.48. The lowest BCUT2D eigenvalue weighted by molar-refractivity contribution is -0.732. The number of aliphatic hydroxyl groups is 2. The summed E-state index contributed by atoms with van der Waals surface area (Å²) in [6, 6.07) is 0. The highest BCUT2D eigenvalue weighted by Crippen LogP contribution is 2.33. The molecule has 4 nitrogen and oxygen atoms in total. The van der Waals surface area contributed by atoms with E-state index in [0.29, 0.717) is 6.54 Å². The third-order valence-corrected chi connectivity index (χ3v) is 3.29. The van der Waals surface area contributed by atoms with Gasteiger partial charge in [0, 0.05) is 12.8 Å². The summed E-state index contributed by atoms with van der Waals surface area (Å²) < 4.78 is 5.84. The zero-order chi connectivity index (χ0) is 9.36. The maximum Gasteiger partial charge on any atom is 0.201 e. The molecule has 13 heavy (non-hydrogen) atoms. The average Bonchev–Trinajstić information content (AvgIpc) is 2.76. The van der Waals surface area contributed by atoms with Crippen LogP contribution in [0.3, 0.4) is 0 Å². The van der Waals surface area contributed by atoms with E-state index in [4.69, 9.17) is 14.9 Å². The molecule has 1 aliphatic heterocycles. The number of quaternary nitrogens is 1. The fourth-order valence-corrected chi connectivity index (χ4v) is 2.41. The van der Waals surface area contributed by atoms with Crippen molar-refractivity contribution in [2.45, 2.75) is 37.0 Å². The number of aliphatic hydroxyl groups excluding tert-OH is 2. The minimum Gasteiger partial charge on any atom is -0.393 e. The van der Waals surface area contributed by atoms with Gasteiger partial charge in [0.1, 0.15) is 6.54 Å². The van der Waals surface area contributed by atoms with E-state index in [1.165, 1.54) is 12.8 Å². The van der Waals surface area contributed by atoms with Crippen LogP contribution in [0.25, 0.3) is 0 Å². The first-order chi connectivity index (χ1) is 6.24. The quantitative estimate of drug-likeness (QED) is 0.498. The van der Waals surface area contributed by atoms with Gasteiger partial charge in [-0.2, -0.15) is 0 Å². The van der Waals surface area contributed by atoms with Gasteiger partial charge in [-0.15, -0.1) is 0 Å². The van der Waals surface area contributed by atoms with Gasteiger partial charge in [-0.25, -0.2) is 0 Å². The zero-order valence-corrected chi connectivity index (χ0v) is 7.83. The first kappa shape index (κ1) is 9.40. The second-order valence-corrected chi connectivity index (χ2v) is 4.28. The number of ether oxygens (including phenoxy) is 1. The Morgan fingerprint density at radius 2 is 1.77 bits per heavy atom. The van der Waals surface area contributed by atoms with Gasteiger partial charge in [-0.3, -0.25) is 0 Å². The third-order valence-electron chi connectivity index (χ3n) is 3.29. The van der Waals surface area contributed by atoms with E-state index in [0.717, 1.165) is 12.8 Å². The molecular weight excluding hydrogens is 170 g/mol. The van der Waals surface area contributed by atoms with Gasteiger partial charge in [0.25, 0.3) is 0 Å². The summed E-state index contributed by atoms with van der Waals surface area (Å²) >= 11 is 0. The molecule has 0 amide bonds. The van der Waals surface area contributed by atoms with Crippen molar-refractivity contribution < 1.29 is 20.3 Å². The Morgan fingerprint density at radius 1 is 1.15 bits per heavy atom. The molecule has 0 bridgehead atoms. The second kappa shape index (κ2) is 3.20. The topological polar surface area (TPSA) is 66.3 Å². The molecule has 2 rings (SSSR count). The van der Waals surface area contributed by atoms with Crippen LogP contribution in [0.5, 0.6) is 0 Å². The van der Waals surface area contributed by atoms with Gasteiger partial charge in [0.05, 0.1) is 13.2 Å². The molecule has 76 valence electrons. The van der Waals surface area contributed by atoms with Crippen molar-refractivity contribution in [2.24, 2.45) is 0 Å². The van der Waals surface area contributed by atoms with Crippen LogP contribution in [0.1, 0.15) is 25.7 Å². The van der Waals surface area contributed by atoms with Crippen LogP contribution in [0.4, 0.5) is 0 Å². The largest absolute Gasteiger partial charge is 0.393 e. The summed E-state index contributed by atoms with van der Waals surface area (Å²) in [6.45, 7) is 0.517. The summed E-state index contributed by atoms with van der Waals surface area (Å²) in [5.74, 6) is 0. The molecule has 1 saturated carbocycles. The van der Waals surface area contributed by atoms with E-state index in [2.05, 4.69) is 5.32 Å². The van der Waals surface area contributed by atoms with Crippen molar-refractivity contribution >= 4 is 0 Å². The normalized spacial score (nSPS) is 30.0. The lowest BCUT2D eigenvalue weighted by Gasteiger charge is -2.24. The van der Waals surface area contributed by atoms with Crippen LogP contribution in [0.2, 0.25) is 0 Å². The lowest BCUT2D eigenvalue weighted by atomic mass is 10.1. The molecule has 0 aromatic heterocycles. The predicted octanol–water partition coefficient (Wildman–Crippen LogP) is -1.43. The van der Waals surface area contributed by atoms with Crippen molar-refractivity contribution in [3.8, 4) is 0 Å². The fraction of sp³-hybridized carbons (Fsp3) is 1.00. The molecule has 0 aromatic carbocycles. The molecule has 0 radical (unpaired) electrons. The highest BCUT2D eigenvalue weighted by molar-refractivity contribution is 4.89. The Hall–Kier alpha value is -0.160. The van der Waals surface area contributed by atoms with Gasteiger partial charge in [-0.1, -0.05) is 0 Å². The summed E-state index contributed by atoms with van der Waals surface area (Å²) in [5, 5.41) is 20.5. The van der Waals surface area contributed by atoms with Crippen LogP contribution < -0.4 is 5.32 Å². The molecule has 1 aliphatic carbocycles. The monoisotopic (exact) mass is 188 g/mol. The second-order valence-electron chi connectivity index (χ2n) is 4.28. The molecule has 1 saturated heterocycles. The Balaban J connectivity index is 2.06. The fourth-order valence-electron chi connectivity index (χ4n) is 2.41. The molecule has 0 aromatic rings. The lowest BCUT2D eigenvalue weighted by Crippen LogP contribution is -2.93. The zero-order valence-electron chi connectivity index (χ0n) is 7.83. The molecular formula is C9H18NO3+. The molecule has 0 unspecified atom stereocenters. The first-order valence-corrected chi connectivity index (χ1v) is 5.01. The first-order valence-electron chi connectivity index (χ1n) is 5.01. The standard InChI is InChI=1S/C9H17NO3/c11-6-8(7-12)5-10-9(13-8)3-1-2-4-9/h10-12H,1-7H2/p+1. The van der Waals surface area contributed by atoms with Gasteiger partial charge in [0.2, 0.25) is 5.72 Å². The van der Waals surface area contributed by atoms with Crippen molar-refractivity contribution in [1.29, 1.82) is 0 Å². The van der Waals surface area contributed by atoms with Crippen LogP contribution in [0.15, 0.2) is 0 Å². The van der Waals surface area contributed by atoms with Crippen molar-refractivity contribution in [3.63, 3.8) is 0 Å². The molecule has 4 heteroatoms. The minimum absolute atomic E-state index is 0.0816. The summed E-state index contributed by atoms with van der Waals surface area (Å²) in [4.78, 5) is 0. The number of hydrogen-bond donors (Lipinski definition) is 3. The highest BCUT2D eigenvalue weighted by Gasteiger charge is 2.53. The van der Waals surface area contributed by atoms with E-state index in [9.17, 15) is 0 Å². The summed E-state index contributed by atoms with van der Waals surface area (Å²) in [5.41, 5.74) is -0.810. The predicted molar refractivity (Wildman–Crippen MR) is 46.0 cm³/mol. The molecule has 1 spiro atoms. The van der Waals surface area contributed by atoms with E-state index < -0.39 is 5.60 Å². The van der Waals surface area contributed by atoms with Gasteiger partial charge in [-0.05, 0) is 12.8 Å². The van der Waals surface area contributed by atoms with E-state index in [-0.39, 0.29) is 18.9 Å². The highest BCUT2D eigenvalue weighted by atomic mass is 16.6. The van der Waals surface area contributed by atoms with Crippen LogP contribution in [-0.2, 0) is 4.74 Å².